The van der Waals surface area contributed by atoms with Gasteiger partial charge in [-0.2, -0.15) is 5.26 Å². The molecule has 0 amide bonds. The molecule has 2 atom stereocenters. The molecule has 2 aliphatic rings. The van der Waals surface area contributed by atoms with E-state index in [0.29, 0.717) is 39.0 Å². The fourth-order valence-electron chi connectivity index (χ4n) is 5.52. The highest BCUT2D eigenvalue weighted by molar-refractivity contribution is 9.10. The smallest absolute Gasteiger partial charge is 0.229 e. The van der Waals surface area contributed by atoms with Crippen molar-refractivity contribution in [1.29, 1.82) is 5.26 Å². The number of allylic oxidation sites excluding steroid dienone is 4. The minimum Gasteiger partial charge on any atom is -0.490 e. The average Bonchev–Trinajstić information content (AvgIpc) is 2.89. The van der Waals surface area contributed by atoms with Crippen LogP contribution in [-0.2, 0) is 21.4 Å². The standard InChI is InChI=1S/C30H32BrF2N3O5S/c1-5-7-17-8-25-29(26(37)9-17)28(20(14-34)16(3)35-25)18-10-21(31)30(27(12-18)40-6-2)41-15-19-11-22(32)23(33)13-24(19)36-42(4,38)39/h10-13,17,28,35-36H,5-9,15H2,1-4H3/t17-,28+/m0/s1. The molecule has 12 heteroatoms. The van der Waals surface area contributed by atoms with E-state index < -0.39 is 27.6 Å². The van der Waals surface area contributed by atoms with Crippen LogP contribution in [0, 0.1) is 28.9 Å². The monoisotopic (exact) mass is 663 g/mol. The third-order valence-corrected chi connectivity index (χ3v) is 8.39. The molecule has 0 spiro atoms. The van der Waals surface area contributed by atoms with Crippen LogP contribution in [0.2, 0.25) is 0 Å². The maximum atomic E-state index is 14.1. The Hall–Kier alpha value is -3.43. The molecule has 1 aliphatic carbocycles. The number of nitrogens with zero attached hydrogens (tertiary/aromatic N) is 1. The molecule has 224 valence electrons. The lowest BCUT2D eigenvalue weighted by atomic mass is 9.72. The fourth-order valence-corrected chi connectivity index (χ4v) is 6.69. The van der Waals surface area contributed by atoms with Crippen LogP contribution in [0.4, 0.5) is 14.5 Å². The first-order chi connectivity index (χ1) is 19.9. The van der Waals surface area contributed by atoms with Gasteiger partial charge in [0, 0.05) is 35.0 Å². The second-order valence-corrected chi connectivity index (χ2v) is 13.0. The normalized spacial score (nSPS) is 18.8. The van der Waals surface area contributed by atoms with Gasteiger partial charge in [-0.15, -0.1) is 0 Å². The lowest BCUT2D eigenvalue weighted by molar-refractivity contribution is -0.117. The third kappa shape index (κ3) is 6.79. The van der Waals surface area contributed by atoms with E-state index in [2.05, 4.69) is 39.0 Å². The number of halogens is 3. The van der Waals surface area contributed by atoms with Gasteiger partial charge in [0.15, 0.2) is 28.9 Å². The van der Waals surface area contributed by atoms with E-state index in [1.54, 1.807) is 19.1 Å². The van der Waals surface area contributed by atoms with Crippen molar-refractivity contribution in [3.05, 3.63) is 74.0 Å². The Morgan fingerprint density at radius 1 is 1.14 bits per heavy atom. The van der Waals surface area contributed by atoms with Crippen LogP contribution in [0.25, 0.3) is 0 Å². The van der Waals surface area contributed by atoms with Crippen LogP contribution >= 0.6 is 15.9 Å². The zero-order valence-electron chi connectivity index (χ0n) is 23.7. The minimum atomic E-state index is -3.79. The Bertz CT molecular complexity index is 1630. The molecular weight excluding hydrogens is 632 g/mol. The number of nitrogens with one attached hydrogen (secondary N) is 2. The summed E-state index contributed by atoms with van der Waals surface area (Å²) in [7, 11) is -3.79. The number of benzene rings is 2. The van der Waals surface area contributed by atoms with Crippen molar-refractivity contribution in [2.24, 2.45) is 5.92 Å². The van der Waals surface area contributed by atoms with E-state index in [9.17, 15) is 27.3 Å². The van der Waals surface area contributed by atoms with Gasteiger partial charge in [0.05, 0.1) is 40.6 Å². The van der Waals surface area contributed by atoms with Gasteiger partial charge in [0.1, 0.15) is 6.61 Å². The van der Waals surface area contributed by atoms with Gasteiger partial charge in [-0.3, -0.25) is 9.52 Å². The van der Waals surface area contributed by atoms with Gasteiger partial charge in [0.25, 0.3) is 0 Å². The summed E-state index contributed by atoms with van der Waals surface area (Å²) in [5, 5.41) is 13.4. The number of hydrogen-bond acceptors (Lipinski definition) is 7. The molecule has 8 nitrogen and oxygen atoms in total. The van der Waals surface area contributed by atoms with Crippen LogP contribution in [-0.4, -0.2) is 27.1 Å². The first-order valence-electron chi connectivity index (χ1n) is 13.6. The number of sulfonamides is 1. The summed E-state index contributed by atoms with van der Waals surface area (Å²) < 4.78 is 66.1. The highest BCUT2D eigenvalue weighted by Gasteiger charge is 2.39. The van der Waals surface area contributed by atoms with Gasteiger partial charge in [-0.1, -0.05) is 13.3 Å². The highest BCUT2D eigenvalue weighted by Crippen LogP contribution is 2.47. The number of dihydropyridines is 1. The summed E-state index contributed by atoms with van der Waals surface area (Å²) in [6.07, 6.45) is 3.95. The molecule has 0 bridgehead atoms. The van der Waals surface area contributed by atoms with E-state index in [4.69, 9.17) is 9.47 Å². The maximum Gasteiger partial charge on any atom is 0.229 e. The molecule has 0 saturated carbocycles. The number of ketones is 1. The molecule has 2 aromatic carbocycles. The SMILES string of the molecule is CCC[C@@H]1CC(=O)C2=C(C1)NC(C)=C(C#N)[C@H]2c1cc(Br)c(OCc2cc(F)c(F)cc2NS(C)(=O)=O)c(OCC)c1. The topological polar surface area (TPSA) is 118 Å². The molecular formula is C30H32BrF2N3O5S. The van der Waals surface area contributed by atoms with Crippen LogP contribution in [0.3, 0.4) is 0 Å². The van der Waals surface area contributed by atoms with Gasteiger partial charge < -0.3 is 14.8 Å². The lowest BCUT2D eigenvalue weighted by Gasteiger charge is -2.35. The Balaban J connectivity index is 1.75. The number of rotatable bonds is 10. The van der Waals surface area contributed by atoms with Gasteiger partial charge in [-0.25, -0.2) is 17.2 Å². The summed E-state index contributed by atoms with van der Waals surface area (Å²) in [6, 6.07) is 7.35. The molecule has 0 radical (unpaired) electrons. The second kappa shape index (κ2) is 12.8. The average molecular weight is 665 g/mol. The van der Waals surface area contributed by atoms with Crippen LogP contribution < -0.4 is 19.5 Å². The Morgan fingerprint density at radius 2 is 1.86 bits per heavy atom. The molecule has 0 unspecified atom stereocenters. The van der Waals surface area contributed by atoms with E-state index in [1.807, 2.05) is 6.92 Å². The molecule has 2 aromatic rings. The van der Waals surface area contributed by atoms with E-state index >= 15 is 0 Å². The predicted octanol–water partition coefficient (Wildman–Crippen LogP) is 6.59. The number of nitriles is 1. The molecule has 1 aliphatic heterocycles. The first kappa shape index (κ1) is 31.5. The Kier molecular flexibility index (Phi) is 9.63. The molecule has 0 aromatic heterocycles. The Labute approximate surface area is 253 Å². The number of carbonyl (C=O) groups is 1. The van der Waals surface area contributed by atoms with Crippen LogP contribution in [0.1, 0.15) is 63.5 Å². The second-order valence-electron chi connectivity index (χ2n) is 10.4. The van der Waals surface area contributed by atoms with Crippen molar-refractivity contribution in [3.8, 4) is 17.6 Å². The summed E-state index contributed by atoms with van der Waals surface area (Å²) in [4.78, 5) is 13.5. The fraction of sp³-hybridized carbons (Fsp3) is 0.400. The van der Waals surface area contributed by atoms with Crippen LogP contribution in [0.15, 0.2) is 51.3 Å². The van der Waals surface area contributed by atoms with Crippen LogP contribution in [0.5, 0.6) is 11.5 Å². The summed E-state index contributed by atoms with van der Waals surface area (Å²) in [5.74, 6) is -2.21. The number of Topliss-reactive ketones (excluding diaryl/α,β-unsaturated/α-hetero) is 1. The number of anilines is 1. The maximum absolute atomic E-state index is 14.1. The minimum absolute atomic E-state index is 0.00565. The zero-order chi connectivity index (χ0) is 30.8. The number of ether oxygens (including phenoxy) is 2. The lowest BCUT2D eigenvalue weighted by Crippen LogP contribution is -2.34. The Morgan fingerprint density at radius 3 is 2.50 bits per heavy atom. The van der Waals surface area contributed by atoms with Crippen molar-refractivity contribution in [3.63, 3.8) is 0 Å². The van der Waals surface area contributed by atoms with Gasteiger partial charge in [0.2, 0.25) is 10.0 Å². The first-order valence-corrected chi connectivity index (χ1v) is 16.2. The summed E-state index contributed by atoms with van der Waals surface area (Å²) >= 11 is 3.53. The molecule has 42 heavy (non-hydrogen) atoms. The van der Waals surface area contributed by atoms with Crippen molar-refractivity contribution < 1.29 is 31.5 Å². The quantitative estimate of drug-likeness (QED) is 0.294. The van der Waals surface area contributed by atoms with E-state index in [-0.39, 0.29) is 41.9 Å². The number of carbonyl (C=O) groups excluding carboxylic acids is 1. The zero-order valence-corrected chi connectivity index (χ0v) is 26.1. The predicted molar refractivity (Wildman–Crippen MR) is 158 cm³/mol. The van der Waals surface area contributed by atoms with E-state index in [0.717, 1.165) is 43.3 Å². The summed E-state index contributed by atoms with van der Waals surface area (Å²) in [6.45, 7) is 5.63. The summed E-state index contributed by atoms with van der Waals surface area (Å²) in [5.41, 5.74) is 3.08. The molecule has 0 saturated heterocycles. The highest BCUT2D eigenvalue weighted by atomic mass is 79.9. The van der Waals surface area contributed by atoms with E-state index in [1.165, 1.54) is 0 Å². The molecule has 2 N–H and O–H groups in total. The van der Waals surface area contributed by atoms with Crippen molar-refractivity contribution in [1.82, 2.24) is 5.32 Å². The van der Waals surface area contributed by atoms with Gasteiger partial charge >= 0.3 is 0 Å². The molecule has 1 heterocycles. The number of hydrogen-bond donors (Lipinski definition) is 2. The van der Waals surface area contributed by atoms with Crippen molar-refractivity contribution in [2.75, 3.05) is 17.6 Å². The molecule has 4 rings (SSSR count). The third-order valence-electron chi connectivity index (χ3n) is 7.21. The largest absolute Gasteiger partial charge is 0.490 e. The van der Waals surface area contributed by atoms with Gasteiger partial charge in [-0.05, 0) is 72.3 Å². The van der Waals surface area contributed by atoms with Crippen molar-refractivity contribution >= 4 is 37.4 Å². The van der Waals surface area contributed by atoms with Crippen molar-refractivity contribution in [2.45, 2.75) is 59.0 Å². The molecule has 0 fully saturated rings.